The third-order valence-electron chi connectivity index (χ3n) is 8.01. The molecule has 3 unspecified atom stereocenters. The summed E-state index contributed by atoms with van der Waals surface area (Å²) in [5.41, 5.74) is 3.22. The number of hydrogen-bond donors (Lipinski definition) is 2. The van der Waals surface area contributed by atoms with Crippen LogP contribution in [-0.2, 0) is 16.1 Å². The molecule has 2 aliphatic carbocycles. The number of pyridine rings is 1. The maximum absolute atomic E-state index is 12.4. The van der Waals surface area contributed by atoms with Gasteiger partial charge in [0, 0.05) is 25.0 Å². The van der Waals surface area contributed by atoms with Gasteiger partial charge < -0.3 is 15.2 Å². The number of fused-ring (bicyclic) bond motifs is 1. The smallest absolute Gasteiger partial charge is 0.335 e. The number of nitrogens with one attached hydrogen (secondary N) is 1. The summed E-state index contributed by atoms with van der Waals surface area (Å²) < 4.78 is 5.24. The Balaban J connectivity index is 1.57. The van der Waals surface area contributed by atoms with Crippen molar-refractivity contribution in [1.82, 2.24) is 10.3 Å². The maximum Gasteiger partial charge on any atom is 0.335 e. The predicted molar refractivity (Wildman–Crippen MR) is 116 cm³/mol. The highest BCUT2D eigenvalue weighted by Crippen LogP contribution is 2.58. The van der Waals surface area contributed by atoms with E-state index in [4.69, 9.17) is 4.74 Å². The van der Waals surface area contributed by atoms with Gasteiger partial charge in [0.25, 0.3) is 0 Å². The average Bonchev–Trinajstić information content (AvgIpc) is 3.17. The number of carbonyl (C=O) groups excluding carboxylic acids is 1. The Bertz CT molecular complexity index is 821. The Hall–Kier alpha value is -1.98. The molecule has 0 radical (unpaired) electrons. The standard InChI is InChI=1S/C25H34N2O3/c1-16-6-7-20-17(2)23(28)8-10-25(20,3)21(16)13-22(19-9-12-30-24(19)29)27-15-18-5-4-11-26-14-18/h4-5,9,11,14,17,20-23,27-28H,1,6-8,10,12-13,15H2,2-3H3/t17-,20?,21-,22?,23?,25+/m1/s1. The lowest BCUT2D eigenvalue weighted by atomic mass is 9.50. The van der Waals surface area contributed by atoms with Gasteiger partial charge in [-0.15, -0.1) is 0 Å². The van der Waals surface area contributed by atoms with Crippen LogP contribution in [0.25, 0.3) is 0 Å². The zero-order valence-corrected chi connectivity index (χ0v) is 18.1. The van der Waals surface area contributed by atoms with Crippen molar-refractivity contribution < 1.29 is 14.6 Å². The molecule has 5 nitrogen and oxygen atoms in total. The highest BCUT2D eigenvalue weighted by molar-refractivity contribution is 5.91. The highest BCUT2D eigenvalue weighted by Gasteiger charge is 2.51. The molecule has 30 heavy (non-hydrogen) atoms. The number of hydrogen-bond acceptors (Lipinski definition) is 5. The lowest BCUT2D eigenvalue weighted by Gasteiger charge is -2.56. The second kappa shape index (κ2) is 8.64. The van der Waals surface area contributed by atoms with E-state index in [0.29, 0.717) is 30.9 Å². The fraction of sp³-hybridized carbons (Fsp3) is 0.600. The van der Waals surface area contributed by atoms with E-state index in [-0.39, 0.29) is 23.5 Å². The predicted octanol–water partition coefficient (Wildman–Crippen LogP) is 3.79. The van der Waals surface area contributed by atoms with E-state index in [1.807, 2.05) is 24.4 Å². The Morgan fingerprint density at radius 3 is 2.97 bits per heavy atom. The average molecular weight is 411 g/mol. The summed E-state index contributed by atoms with van der Waals surface area (Å²) >= 11 is 0. The molecule has 1 aromatic heterocycles. The Morgan fingerprint density at radius 1 is 1.43 bits per heavy atom. The van der Waals surface area contributed by atoms with Crippen LogP contribution in [0.15, 0.2) is 48.3 Å². The molecule has 0 saturated heterocycles. The molecule has 0 bridgehead atoms. The van der Waals surface area contributed by atoms with Gasteiger partial charge in [-0.05, 0) is 73.0 Å². The van der Waals surface area contributed by atoms with Crippen LogP contribution in [-0.4, -0.2) is 34.8 Å². The number of aromatic nitrogens is 1. The van der Waals surface area contributed by atoms with Crippen molar-refractivity contribution in [3.8, 4) is 0 Å². The second-order valence-corrected chi connectivity index (χ2v) is 9.62. The Labute approximate surface area is 179 Å². The number of allylic oxidation sites excluding steroid dienone is 1. The van der Waals surface area contributed by atoms with E-state index < -0.39 is 0 Å². The molecule has 2 fully saturated rings. The molecule has 2 saturated carbocycles. The van der Waals surface area contributed by atoms with Crippen LogP contribution in [0.1, 0.15) is 51.5 Å². The number of aliphatic hydroxyl groups is 1. The molecule has 1 aromatic rings. The molecule has 0 spiro atoms. The van der Waals surface area contributed by atoms with Crippen molar-refractivity contribution in [3.63, 3.8) is 0 Å². The normalized spacial score (nSPS) is 34.8. The van der Waals surface area contributed by atoms with Gasteiger partial charge in [0.15, 0.2) is 0 Å². The number of aliphatic hydroxyl groups excluding tert-OH is 1. The van der Waals surface area contributed by atoms with E-state index in [1.165, 1.54) is 5.57 Å². The zero-order valence-electron chi connectivity index (χ0n) is 18.1. The van der Waals surface area contributed by atoms with Crippen LogP contribution in [0.5, 0.6) is 0 Å². The second-order valence-electron chi connectivity index (χ2n) is 9.62. The number of esters is 1. The number of ether oxygens (including phenoxy) is 1. The van der Waals surface area contributed by atoms with Gasteiger partial charge >= 0.3 is 5.97 Å². The third-order valence-corrected chi connectivity index (χ3v) is 8.01. The number of rotatable bonds is 6. The molecule has 4 rings (SSSR count). The summed E-state index contributed by atoms with van der Waals surface area (Å²) in [6, 6.07) is 3.89. The van der Waals surface area contributed by atoms with E-state index in [0.717, 1.165) is 43.2 Å². The van der Waals surface area contributed by atoms with E-state index in [1.54, 1.807) is 6.20 Å². The summed E-state index contributed by atoms with van der Waals surface area (Å²) in [4.78, 5) is 16.6. The topological polar surface area (TPSA) is 71.4 Å². The molecule has 2 heterocycles. The quantitative estimate of drug-likeness (QED) is 0.551. The van der Waals surface area contributed by atoms with Crippen LogP contribution in [0.2, 0.25) is 0 Å². The summed E-state index contributed by atoms with van der Waals surface area (Å²) in [5, 5.41) is 14.1. The SMILES string of the molecule is C=C1CCC2[C@@H](C)C(O)CC[C@]2(C)[C@@H]1CC(NCc1cccnc1)C1=CCOC1=O. The molecule has 2 N–H and O–H groups in total. The van der Waals surface area contributed by atoms with Gasteiger partial charge in [0.05, 0.1) is 11.7 Å². The molecule has 0 aromatic carbocycles. The van der Waals surface area contributed by atoms with Crippen molar-refractivity contribution in [2.24, 2.45) is 23.2 Å². The Kier molecular flexibility index (Phi) is 6.12. The first kappa shape index (κ1) is 21.3. The van der Waals surface area contributed by atoms with Crippen molar-refractivity contribution in [2.75, 3.05) is 6.61 Å². The zero-order chi connectivity index (χ0) is 21.3. The van der Waals surface area contributed by atoms with Gasteiger partial charge in [-0.3, -0.25) is 4.98 Å². The van der Waals surface area contributed by atoms with E-state index >= 15 is 0 Å². The maximum atomic E-state index is 12.4. The van der Waals surface area contributed by atoms with Gasteiger partial charge in [0.1, 0.15) is 6.61 Å². The molecular weight excluding hydrogens is 376 g/mol. The number of nitrogens with zero attached hydrogens (tertiary/aromatic N) is 1. The van der Waals surface area contributed by atoms with Crippen LogP contribution < -0.4 is 5.32 Å². The van der Waals surface area contributed by atoms with Crippen molar-refractivity contribution in [1.29, 1.82) is 0 Å². The van der Waals surface area contributed by atoms with Crippen LogP contribution >= 0.6 is 0 Å². The molecule has 3 aliphatic rings. The van der Waals surface area contributed by atoms with Crippen molar-refractivity contribution in [3.05, 3.63) is 53.9 Å². The highest BCUT2D eigenvalue weighted by atomic mass is 16.5. The largest absolute Gasteiger partial charge is 0.458 e. The lowest BCUT2D eigenvalue weighted by molar-refractivity contribution is -0.136. The van der Waals surface area contributed by atoms with E-state index in [9.17, 15) is 9.90 Å². The first-order chi connectivity index (χ1) is 14.4. The Morgan fingerprint density at radius 2 is 2.27 bits per heavy atom. The molecular formula is C25H34N2O3. The summed E-state index contributed by atoms with van der Waals surface area (Å²) in [7, 11) is 0. The summed E-state index contributed by atoms with van der Waals surface area (Å²) in [5.74, 6) is 0.887. The minimum atomic E-state index is -0.214. The first-order valence-corrected chi connectivity index (χ1v) is 11.3. The van der Waals surface area contributed by atoms with E-state index in [2.05, 4.69) is 30.7 Å². The summed E-state index contributed by atoms with van der Waals surface area (Å²) in [6.07, 6.45) is 10.1. The van der Waals surface area contributed by atoms with Gasteiger partial charge in [-0.1, -0.05) is 32.1 Å². The van der Waals surface area contributed by atoms with Crippen molar-refractivity contribution in [2.45, 2.75) is 64.6 Å². The molecule has 6 atom stereocenters. The van der Waals surface area contributed by atoms with Crippen molar-refractivity contribution >= 4 is 5.97 Å². The first-order valence-electron chi connectivity index (χ1n) is 11.3. The third kappa shape index (κ3) is 3.97. The fourth-order valence-electron chi connectivity index (χ4n) is 6.18. The molecule has 162 valence electrons. The number of cyclic esters (lactones) is 1. The minimum Gasteiger partial charge on any atom is -0.458 e. The van der Waals surface area contributed by atoms with Gasteiger partial charge in [-0.25, -0.2) is 4.79 Å². The van der Waals surface area contributed by atoms with Crippen LogP contribution in [0.3, 0.4) is 0 Å². The monoisotopic (exact) mass is 410 g/mol. The molecule has 5 heteroatoms. The van der Waals surface area contributed by atoms with Crippen LogP contribution in [0.4, 0.5) is 0 Å². The minimum absolute atomic E-state index is 0.0836. The summed E-state index contributed by atoms with van der Waals surface area (Å²) in [6.45, 7) is 10.0. The number of carbonyl (C=O) groups is 1. The van der Waals surface area contributed by atoms with Gasteiger partial charge in [0.2, 0.25) is 0 Å². The fourth-order valence-corrected chi connectivity index (χ4v) is 6.18. The van der Waals surface area contributed by atoms with Crippen LogP contribution in [0, 0.1) is 23.2 Å². The molecule has 0 amide bonds. The lowest BCUT2D eigenvalue weighted by Crippen LogP contribution is -2.51. The molecule has 1 aliphatic heterocycles. The van der Waals surface area contributed by atoms with Gasteiger partial charge in [-0.2, -0.15) is 0 Å².